The predicted molar refractivity (Wildman–Crippen MR) is 75.5 cm³/mol. The topological polar surface area (TPSA) is 87.1 Å². The highest BCUT2D eigenvalue weighted by molar-refractivity contribution is 5.65. The zero-order valence-electron chi connectivity index (χ0n) is 11.8. The van der Waals surface area contributed by atoms with Crippen LogP contribution < -0.4 is 10.6 Å². The zero-order chi connectivity index (χ0) is 14.4. The molecule has 1 aliphatic heterocycles. The highest BCUT2D eigenvalue weighted by Crippen LogP contribution is 2.26. The van der Waals surface area contributed by atoms with Gasteiger partial charge in [-0.1, -0.05) is 13.3 Å². The van der Waals surface area contributed by atoms with Crippen molar-refractivity contribution in [1.82, 2.24) is 20.6 Å². The molecule has 1 saturated heterocycles. The van der Waals surface area contributed by atoms with E-state index in [2.05, 4.69) is 27.5 Å². The number of nitrogens with zero attached hydrogens (tertiary/aromatic N) is 2. The molecule has 0 bridgehead atoms. The first-order valence-electron chi connectivity index (χ1n) is 7.21. The third-order valence-corrected chi connectivity index (χ3v) is 3.68. The summed E-state index contributed by atoms with van der Waals surface area (Å²) in [7, 11) is 0. The molecule has 1 amide bonds. The summed E-state index contributed by atoms with van der Waals surface area (Å²) in [6, 6.07) is -0.315. The molecule has 0 aliphatic carbocycles. The van der Waals surface area contributed by atoms with Crippen LogP contribution in [-0.2, 0) is 6.42 Å². The van der Waals surface area contributed by atoms with Crippen LogP contribution in [-0.4, -0.2) is 34.3 Å². The van der Waals surface area contributed by atoms with Gasteiger partial charge in [-0.3, -0.25) is 0 Å². The number of carbonyl (C=O) groups is 1. The number of aromatic nitrogens is 2. The van der Waals surface area contributed by atoms with Crippen LogP contribution in [0.2, 0.25) is 0 Å². The van der Waals surface area contributed by atoms with E-state index < -0.39 is 6.09 Å². The summed E-state index contributed by atoms with van der Waals surface area (Å²) >= 11 is 0. The average molecular weight is 278 g/mol. The van der Waals surface area contributed by atoms with Crippen molar-refractivity contribution in [3.8, 4) is 0 Å². The maximum atomic E-state index is 11.0. The maximum Gasteiger partial charge on any atom is 0.405 e. The van der Waals surface area contributed by atoms with E-state index in [9.17, 15) is 4.79 Å². The van der Waals surface area contributed by atoms with Crippen LogP contribution in [0.5, 0.6) is 0 Å². The van der Waals surface area contributed by atoms with Gasteiger partial charge >= 0.3 is 6.09 Å². The molecule has 20 heavy (non-hydrogen) atoms. The molecule has 0 radical (unpaired) electrons. The van der Waals surface area contributed by atoms with E-state index in [1.807, 2.05) is 12.4 Å². The summed E-state index contributed by atoms with van der Waals surface area (Å²) in [5.74, 6) is 0.837. The van der Waals surface area contributed by atoms with E-state index in [0.717, 1.165) is 44.3 Å². The fourth-order valence-electron chi connectivity index (χ4n) is 2.65. The average Bonchev–Trinajstić information content (AvgIpc) is 2.47. The van der Waals surface area contributed by atoms with Gasteiger partial charge in [0.25, 0.3) is 0 Å². The lowest BCUT2D eigenvalue weighted by molar-refractivity contribution is 0.178. The Morgan fingerprint density at radius 1 is 1.45 bits per heavy atom. The third kappa shape index (κ3) is 3.90. The molecule has 0 spiro atoms. The number of rotatable bonds is 5. The first kappa shape index (κ1) is 14.7. The van der Waals surface area contributed by atoms with Crippen molar-refractivity contribution >= 4 is 6.09 Å². The number of hydrogen-bond donors (Lipinski definition) is 3. The molecule has 1 atom stereocenters. The summed E-state index contributed by atoms with van der Waals surface area (Å²) < 4.78 is 0. The third-order valence-electron chi connectivity index (χ3n) is 3.68. The highest BCUT2D eigenvalue weighted by Gasteiger charge is 2.28. The second-order valence-corrected chi connectivity index (χ2v) is 5.21. The molecule has 1 aromatic rings. The number of carboxylic acid groups (broad SMARTS) is 1. The summed E-state index contributed by atoms with van der Waals surface area (Å²) in [6.07, 6.45) is 6.47. The lowest BCUT2D eigenvalue weighted by Crippen LogP contribution is -2.39. The Morgan fingerprint density at radius 3 is 2.65 bits per heavy atom. The minimum absolute atomic E-state index is 0.254. The van der Waals surface area contributed by atoms with E-state index in [1.54, 1.807) is 0 Å². The van der Waals surface area contributed by atoms with Gasteiger partial charge in [-0.15, -0.1) is 0 Å². The van der Waals surface area contributed by atoms with Crippen LogP contribution >= 0.6 is 0 Å². The van der Waals surface area contributed by atoms with Crippen molar-refractivity contribution in [1.29, 1.82) is 0 Å². The van der Waals surface area contributed by atoms with E-state index in [1.165, 1.54) is 0 Å². The summed E-state index contributed by atoms with van der Waals surface area (Å²) in [5.41, 5.74) is 1.09. The van der Waals surface area contributed by atoms with Gasteiger partial charge in [0.1, 0.15) is 0 Å². The first-order chi connectivity index (χ1) is 9.70. The van der Waals surface area contributed by atoms with Crippen LogP contribution in [0.25, 0.3) is 0 Å². The molecular formula is C14H22N4O2. The maximum absolute atomic E-state index is 11.0. The SMILES string of the molecule is CCCc1cnc(C(NC(=O)O)C2CCNCC2)nc1. The van der Waals surface area contributed by atoms with E-state index >= 15 is 0 Å². The number of aryl methyl sites for hydroxylation is 1. The van der Waals surface area contributed by atoms with Crippen molar-refractivity contribution in [3.63, 3.8) is 0 Å². The second kappa shape index (κ2) is 7.19. The number of amides is 1. The number of piperidine rings is 1. The van der Waals surface area contributed by atoms with E-state index in [4.69, 9.17) is 5.11 Å². The summed E-state index contributed by atoms with van der Waals surface area (Å²) in [4.78, 5) is 19.7. The molecule has 6 nitrogen and oxygen atoms in total. The van der Waals surface area contributed by atoms with Gasteiger partial charge in [-0.2, -0.15) is 0 Å². The summed E-state index contributed by atoms with van der Waals surface area (Å²) in [5, 5.41) is 14.9. The molecule has 110 valence electrons. The molecule has 2 heterocycles. The molecule has 0 aromatic carbocycles. The van der Waals surface area contributed by atoms with Crippen molar-refractivity contribution in [2.45, 2.75) is 38.6 Å². The van der Waals surface area contributed by atoms with Crippen LogP contribution in [0.3, 0.4) is 0 Å². The highest BCUT2D eigenvalue weighted by atomic mass is 16.4. The standard InChI is InChI=1S/C14H22N4O2/c1-2-3-10-8-16-13(17-9-10)12(18-14(19)20)11-4-6-15-7-5-11/h8-9,11-12,15,18H,2-7H2,1H3,(H,19,20). The van der Waals surface area contributed by atoms with Gasteiger partial charge in [-0.05, 0) is 43.8 Å². The lowest BCUT2D eigenvalue weighted by Gasteiger charge is -2.29. The molecule has 2 rings (SSSR count). The van der Waals surface area contributed by atoms with Crippen LogP contribution in [0.1, 0.15) is 43.6 Å². The molecule has 6 heteroatoms. The summed E-state index contributed by atoms with van der Waals surface area (Å²) in [6.45, 7) is 3.94. The van der Waals surface area contributed by atoms with Crippen LogP contribution in [0.15, 0.2) is 12.4 Å². The molecule has 1 fully saturated rings. The molecular weight excluding hydrogens is 256 g/mol. The van der Waals surface area contributed by atoms with Crippen molar-refractivity contribution in [2.24, 2.45) is 5.92 Å². The van der Waals surface area contributed by atoms with Gasteiger partial charge < -0.3 is 15.7 Å². The Kier molecular flexibility index (Phi) is 5.29. The minimum Gasteiger partial charge on any atom is -0.465 e. The number of hydrogen-bond acceptors (Lipinski definition) is 4. The molecule has 1 unspecified atom stereocenters. The minimum atomic E-state index is -1.02. The van der Waals surface area contributed by atoms with Crippen molar-refractivity contribution in [3.05, 3.63) is 23.8 Å². The quantitative estimate of drug-likeness (QED) is 0.763. The first-order valence-corrected chi connectivity index (χ1v) is 7.21. The van der Waals surface area contributed by atoms with Gasteiger partial charge in [0.05, 0.1) is 6.04 Å². The zero-order valence-corrected chi connectivity index (χ0v) is 11.8. The van der Waals surface area contributed by atoms with Crippen molar-refractivity contribution in [2.75, 3.05) is 13.1 Å². The Bertz CT molecular complexity index is 429. The Morgan fingerprint density at radius 2 is 2.10 bits per heavy atom. The van der Waals surface area contributed by atoms with E-state index in [-0.39, 0.29) is 12.0 Å². The van der Waals surface area contributed by atoms with Gasteiger partial charge in [0.15, 0.2) is 5.82 Å². The molecule has 1 aromatic heterocycles. The number of nitrogens with one attached hydrogen (secondary N) is 2. The fourth-order valence-corrected chi connectivity index (χ4v) is 2.65. The molecule has 3 N–H and O–H groups in total. The monoisotopic (exact) mass is 278 g/mol. The van der Waals surface area contributed by atoms with Gasteiger partial charge in [-0.25, -0.2) is 14.8 Å². The molecule has 1 aliphatic rings. The Balaban J connectivity index is 2.14. The van der Waals surface area contributed by atoms with Crippen LogP contribution in [0, 0.1) is 5.92 Å². The Hall–Kier alpha value is -1.69. The smallest absolute Gasteiger partial charge is 0.405 e. The lowest BCUT2D eigenvalue weighted by atomic mass is 9.89. The van der Waals surface area contributed by atoms with E-state index in [0.29, 0.717) is 5.82 Å². The van der Waals surface area contributed by atoms with Crippen LogP contribution in [0.4, 0.5) is 4.79 Å². The van der Waals surface area contributed by atoms with Gasteiger partial charge in [0.2, 0.25) is 0 Å². The second-order valence-electron chi connectivity index (χ2n) is 5.21. The molecule has 0 saturated carbocycles. The normalized spacial score (nSPS) is 17.6. The van der Waals surface area contributed by atoms with Gasteiger partial charge in [0, 0.05) is 12.4 Å². The fraction of sp³-hybridized carbons (Fsp3) is 0.643. The predicted octanol–water partition coefficient (Wildman–Crippen LogP) is 1.74. The van der Waals surface area contributed by atoms with Crippen molar-refractivity contribution < 1.29 is 9.90 Å². The Labute approximate surface area is 119 Å². The largest absolute Gasteiger partial charge is 0.465 e.